The second-order valence-corrected chi connectivity index (χ2v) is 5.12. The molecule has 0 radical (unpaired) electrons. The highest BCUT2D eigenvalue weighted by Gasteiger charge is 2.01. The Morgan fingerprint density at radius 3 is 2.50 bits per heavy atom. The van der Waals surface area contributed by atoms with Gasteiger partial charge in [0.15, 0.2) is 4.67 Å². The zero-order chi connectivity index (χ0) is 9.35. The summed E-state index contributed by atoms with van der Waals surface area (Å²) >= 11 is 1.20. The lowest BCUT2D eigenvalue weighted by Crippen LogP contribution is -2.03. The van der Waals surface area contributed by atoms with Crippen molar-refractivity contribution >= 4 is 21.6 Å². The number of sulfonamides is 1. The molecule has 0 amide bonds. The summed E-state index contributed by atoms with van der Waals surface area (Å²) in [5.74, 6) is 0. The molecule has 0 spiro atoms. The number of rotatable bonds is 1. The van der Waals surface area contributed by atoms with Gasteiger partial charge in [-0.2, -0.15) is 5.10 Å². The van der Waals surface area contributed by atoms with Crippen LogP contribution in [-0.4, -0.2) is 23.8 Å². The van der Waals surface area contributed by atoms with Crippen LogP contribution in [0.4, 0.5) is 0 Å². The van der Waals surface area contributed by atoms with Crippen LogP contribution in [0.25, 0.3) is 0 Å². The molecule has 68 valence electrons. The van der Waals surface area contributed by atoms with Gasteiger partial charge in [0.05, 0.1) is 11.9 Å². The molecule has 0 atom stereocenters. The molecule has 0 aromatic carbocycles. The first-order chi connectivity index (χ1) is 5.38. The normalized spacial score (nSPS) is 13.8. The van der Waals surface area contributed by atoms with Gasteiger partial charge < -0.3 is 0 Å². The van der Waals surface area contributed by atoms with Crippen molar-refractivity contribution in [2.45, 2.75) is 6.92 Å². The number of nitrogens with zero attached hydrogens (tertiary/aromatic N) is 3. The Morgan fingerprint density at radius 1 is 1.58 bits per heavy atom. The van der Waals surface area contributed by atoms with E-state index in [-0.39, 0.29) is 0 Å². The van der Waals surface area contributed by atoms with Crippen molar-refractivity contribution in [1.29, 1.82) is 0 Å². The molecule has 1 rings (SSSR count). The van der Waals surface area contributed by atoms with Crippen molar-refractivity contribution in [3.05, 3.63) is 10.4 Å². The first-order valence-electron chi connectivity index (χ1n) is 3.16. The van der Waals surface area contributed by atoms with Gasteiger partial charge in [0.2, 0.25) is 0 Å². The van der Waals surface area contributed by atoms with Gasteiger partial charge in [0.1, 0.15) is 0 Å². The Hall–Kier alpha value is -0.690. The van der Waals surface area contributed by atoms with Crippen LogP contribution in [0.15, 0.2) is 4.40 Å². The fourth-order valence-corrected chi connectivity index (χ4v) is 2.26. The van der Waals surface area contributed by atoms with Gasteiger partial charge in [-0.1, -0.05) is 0 Å². The summed E-state index contributed by atoms with van der Waals surface area (Å²) < 4.78 is 27.1. The quantitative estimate of drug-likeness (QED) is 0.632. The van der Waals surface area contributed by atoms with Crippen LogP contribution in [0.3, 0.4) is 0 Å². The Bertz CT molecular complexity index is 440. The van der Waals surface area contributed by atoms with E-state index < -0.39 is 10.0 Å². The second kappa shape index (κ2) is 2.98. The zero-order valence-corrected chi connectivity index (χ0v) is 8.61. The largest absolute Gasteiger partial charge is 0.251 e. The fourth-order valence-electron chi connectivity index (χ4n) is 0.699. The molecule has 0 fully saturated rings. The molecule has 7 heteroatoms. The van der Waals surface area contributed by atoms with Gasteiger partial charge in [-0.15, -0.1) is 4.40 Å². The van der Waals surface area contributed by atoms with E-state index in [0.717, 1.165) is 6.26 Å². The maximum atomic E-state index is 10.8. The average Bonchev–Trinajstić information content (AvgIpc) is 2.06. The molecule has 0 aliphatic rings. The van der Waals surface area contributed by atoms with Crippen LogP contribution in [0, 0.1) is 6.92 Å². The number of hydrogen-bond acceptors (Lipinski definition) is 4. The third-order valence-corrected chi connectivity index (χ3v) is 2.60. The fraction of sp³-hybridized carbons (Fsp3) is 0.600. The number of aryl methyl sites for hydroxylation is 2. The standard InChI is InChI=1S/C5H9N3O2S2/c1-4-5(7-12(3,9)10)11-8(2)6-4/h1-3H3. The summed E-state index contributed by atoms with van der Waals surface area (Å²) in [5.41, 5.74) is 0.632. The van der Waals surface area contributed by atoms with Gasteiger partial charge in [0, 0.05) is 7.05 Å². The predicted molar refractivity (Wildman–Crippen MR) is 46.2 cm³/mol. The lowest BCUT2D eigenvalue weighted by molar-refractivity contribution is 0.602. The molecule has 1 heterocycles. The van der Waals surface area contributed by atoms with Crippen LogP contribution in [-0.2, 0) is 17.1 Å². The van der Waals surface area contributed by atoms with Crippen LogP contribution < -0.4 is 4.67 Å². The van der Waals surface area contributed by atoms with E-state index in [1.165, 1.54) is 11.5 Å². The molecular formula is C5H9N3O2S2. The molecular weight excluding hydrogens is 198 g/mol. The van der Waals surface area contributed by atoms with E-state index in [9.17, 15) is 8.42 Å². The molecule has 1 aromatic rings. The summed E-state index contributed by atoms with van der Waals surface area (Å²) in [5, 5.41) is 3.97. The van der Waals surface area contributed by atoms with Gasteiger partial charge in [-0.3, -0.25) is 0 Å². The van der Waals surface area contributed by atoms with E-state index in [0.29, 0.717) is 10.4 Å². The highest BCUT2D eigenvalue weighted by atomic mass is 32.2. The number of aromatic nitrogens is 2. The molecule has 5 nitrogen and oxygen atoms in total. The van der Waals surface area contributed by atoms with E-state index in [1.807, 2.05) is 0 Å². The maximum absolute atomic E-state index is 10.8. The molecule has 0 saturated carbocycles. The summed E-state index contributed by atoms with van der Waals surface area (Å²) in [6.07, 6.45) is 1.06. The van der Waals surface area contributed by atoms with Gasteiger partial charge >= 0.3 is 0 Å². The second-order valence-electron chi connectivity index (χ2n) is 2.37. The monoisotopic (exact) mass is 207 g/mol. The molecule has 0 bridgehead atoms. The first-order valence-corrected chi connectivity index (χ1v) is 5.78. The molecule has 0 saturated heterocycles. The van der Waals surface area contributed by atoms with Crippen LogP contribution >= 0.6 is 11.5 Å². The smallest absolute Gasteiger partial charge is 0.220 e. The van der Waals surface area contributed by atoms with E-state index >= 15 is 0 Å². The summed E-state index contributed by atoms with van der Waals surface area (Å²) in [6.45, 7) is 1.72. The van der Waals surface area contributed by atoms with Crippen LogP contribution in [0.1, 0.15) is 5.69 Å². The van der Waals surface area contributed by atoms with Crippen molar-refractivity contribution in [1.82, 2.24) is 9.17 Å². The summed E-state index contributed by atoms with van der Waals surface area (Å²) in [4.78, 5) is 0. The summed E-state index contributed by atoms with van der Waals surface area (Å²) in [6, 6.07) is 0. The molecule has 1 aromatic heterocycles. The molecule has 0 aliphatic heterocycles. The van der Waals surface area contributed by atoms with Gasteiger partial charge in [-0.05, 0) is 18.5 Å². The highest BCUT2D eigenvalue weighted by molar-refractivity contribution is 7.89. The Kier molecular flexibility index (Phi) is 2.34. The van der Waals surface area contributed by atoms with Gasteiger partial charge in [0.25, 0.3) is 10.0 Å². The Morgan fingerprint density at radius 2 is 2.17 bits per heavy atom. The minimum Gasteiger partial charge on any atom is -0.220 e. The van der Waals surface area contributed by atoms with Crippen molar-refractivity contribution in [3.63, 3.8) is 0 Å². The van der Waals surface area contributed by atoms with Crippen LogP contribution in [0.2, 0.25) is 0 Å². The lowest BCUT2D eigenvalue weighted by Gasteiger charge is -1.81. The maximum Gasteiger partial charge on any atom is 0.251 e. The third-order valence-electron chi connectivity index (χ3n) is 1.07. The SMILES string of the molecule is Cc1nn(C)sc1=NS(C)(=O)=O. The average molecular weight is 207 g/mol. The summed E-state index contributed by atoms with van der Waals surface area (Å²) in [7, 11) is -1.57. The Labute approximate surface area is 74.6 Å². The van der Waals surface area contributed by atoms with E-state index in [2.05, 4.69) is 9.50 Å². The van der Waals surface area contributed by atoms with Gasteiger partial charge in [-0.25, -0.2) is 12.5 Å². The topological polar surface area (TPSA) is 64.3 Å². The molecule has 12 heavy (non-hydrogen) atoms. The van der Waals surface area contributed by atoms with E-state index in [4.69, 9.17) is 0 Å². The van der Waals surface area contributed by atoms with Crippen molar-refractivity contribution in [2.75, 3.05) is 6.26 Å². The molecule has 0 aliphatic carbocycles. The number of hydrogen-bond donors (Lipinski definition) is 0. The Balaban J connectivity index is 3.38. The van der Waals surface area contributed by atoms with E-state index in [1.54, 1.807) is 18.0 Å². The third kappa shape index (κ3) is 2.42. The van der Waals surface area contributed by atoms with Crippen molar-refractivity contribution in [2.24, 2.45) is 11.4 Å². The first kappa shape index (κ1) is 9.40. The van der Waals surface area contributed by atoms with Crippen molar-refractivity contribution < 1.29 is 8.42 Å². The minimum absolute atomic E-state index is 0.444. The van der Waals surface area contributed by atoms with Crippen molar-refractivity contribution in [3.8, 4) is 0 Å². The highest BCUT2D eigenvalue weighted by Crippen LogP contribution is 1.91. The zero-order valence-electron chi connectivity index (χ0n) is 6.97. The molecule has 0 unspecified atom stereocenters. The molecule has 0 N–H and O–H groups in total. The predicted octanol–water partition coefficient (Wildman–Crippen LogP) is -0.350. The van der Waals surface area contributed by atoms with Crippen LogP contribution in [0.5, 0.6) is 0 Å². The minimum atomic E-state index is -3.30. The lowest BCUT2D eigenvalue weighted by atomic mass is 10.6.